The summed E-state index contributed by atoms with van der Waals surface area (Å²) in [6, 6.07) is 19.2. The Morgan fingerprint density at radius 1 is 0.882 bits per heavy atom. The predicted molar refractivity (Wildman–Crippen MR) is 129 cm³/mol. The van der Waals surface area contributed by atoms with E-state index in [1.54, 1.807) is 60.9 Å². The first-order chi connectivity index (χ1) is 16.4. The Morgan fingerprint density at radius 3 is 2.21 bits per heavy atom. The van der Waals surface area contributed by atoms with Crippen LogP contribution < -0.4 is 10.6 Å². The molecule has 34 heavy (non-hydrogen) atoms. The van der Waals surface area contributed by atoms with Crippen molar-refractivity contribution in [3.05, 3.63) is 84.7 Å². The minimum atomic E-state index is -1.04. The highest BCUT2D eigenvalue weighted by Gasteiger charge is 2.22. The number of amides is 2. The Hall–Kier alpha value is -4.59. The van der Waals surface area contributed by atoms with Crippen LogP contribution in [0.25, 0.3) is 22.2 Å². The Labute approximate surface area is 196 Å². The van der Waals surface area contributed by atoms with Gasteiger partial charge in [-0.1, -0.05) is 18.2 Å². The van der Waals surface area contributed by atoms with Crippen LogP contribution in [0.1, 0.15) is 24.2 Å². The average molecular weight is 454 g/mol. The summed E-state index contributed by atoms with van der Waals surface area (Å²) in [5.41, 5.74) is 3.49. The van der Waals surface area contributed by atoms with E-state index in [1.807, 2.05) is 18.2 Å². The fourth-order valence-corrected chi connectivity index (χ4v) is 3.38. The molecule has 1 atom stereocenters. The Bertz CT molecular complexity index is 1350. The van der Waals surface area contributed by atoms with Crippen molar-refractivity contribution in [1.29, 1.82) is 0 Å². The number of carbonyl (C=O) groups excluding carboxylic acids is 3. The maximum Gasteiger partial charge on any atom is 0.339 e. The Kier molecular flexibility index (Phi) is 6.59. The molecule has 0 aliphatic rings. The number of benzene rings is 2. The summed E-state index contributed by atoms with van der Waals surface area (Å²) >= 11 is 0. The molecule has 2 aromatic carbocycles. The molecule has 0 aliphatic heterocycles. The number of anilines is 2. The van der Waals surface area contributed by atoms with Crippen LogP contribution in [0.5, 0.6) is 0 Å². The summed E-state index contributed by atoms with van der Waals surface area (Å²) in [7, 11) is 0. The molecule has 2 amide bonds. The highest BCUT2D eigenvalue weighted by Crippen LogP contribution is 2.25. The fourth-order valence-electron chi connectivity index (χ4n) is 3.38. The zero-order valence-electron chi connectivity index (χ0n) is 18.6. The van der Waals surface area contributed by atoms with E-state index in [0.29, 0.717) is 33.5 Å². The molecule has 0 radical (unpaired) electrons. The first-order valence-corrected chi connectivity index (χ1v) is 10.6. The van der Waals surface area contributed by atoms with E-state index >= 15 is 0 Å². The smallest absolute Gasteiger partial charge is 0.339 e. The van der Waals surface area contributed by atoms with Crippen LogP contribution in [0, 0.1) is 0 Å². The molecular weight excluding hydrogens is 432 g/mol. The van der Waals surface area contributed by atoms with Gasteiger partial charge >= 0.3 is 5.97 Å². The number of nitrogens with zero attached hydrogens (tertiary/aromatic N) is 2. The number of aromatic nitrogens is 2. The van der Waals surface area contributed by atoms with Crippen LogP contribution in [-0.4, -0.2) is 33.9 Å². The van der Waals surface area contributed by atoms with Gasteiger partial charge < -0.3 is 15.4 Å². The summed E-state index contributed by atoms with van der Waals surface area (Å²) in [5.74, 6) is -1.29. The first-order valence-electron chi connectivity index (χ1n) is 10.6. The zero-order valence-corrected chi connectivity index (χ0v) is 18.6. The summed E-state index contributed by atoms with van der Waals surface area (Å²) in [6.45, 7) is 2.92. The average Bonchev–Trinajstić information content (AvgIpc) is 2.84. The van der Waals surface area contributed by atoms with Gasteiger partial charge in [0.15, 0.2) is 6.10 Å². The van der Waals surface area contributed by atoms with Crippen molar-refractivity contribution >= 4 is 40.1 Å². The third kappa shape index (κ3) is 5.24. The summed E-state index contributed by atoms with van der Waals surface area (Å²) in [5, 5.41) is 5.99. The van der Waals surface area contributed by atoms with E-state index in [9.17, 15) is 14.4 Å². The molecule has 0 spiro atoms. The molecule has 1 unspecified atom stereocenters. The van der Waals surface area contributed by atoms with Gasteiger partial charge in [-0.25, -0.2) is 9.78 Å². The molecule has 0 fully saturated rings. The Balaban J connectivity index is 1.52. The lowest BCUT2D eigenvalue weighted by Crippen LogP contribution is -2.30. The largest absolute Gasteiger partial charge is 0.449 e. The van der Waals surface area contributed by atoms with E-state index in [4.69, 9.17) is 4.74 Å². The maximum atomic E-state index is 13.1. The number of carbonyl (C=O) groups is 3. The standard InChI is InChI=1S/C26H22N4O4/c1-16(25(32)29-20-9-7-19(8-10-20)28-17(2)31)34-26(33)22-15-24(18-11-13-27-14-12-18)30-23-6-4-3-5-21(22)23/h3-16H,1-2H3,(H,28,31)(H,29,32). The van der Waals surface area contributed by atoms with Crippen LogP contribution in [-0.2, 0) is 14.3 Å². The lowest BCUT2D eigenvalue weighted by molar-refractivity contribution is -0.123. The third-order valence-electron chi connectivity index (χ3n) is 5.04. The molecule has 0 saturated carbocycles. The number of ether oxygens (including phenoxy) is 1. The normalized spacial score (nSPS) is 11.5. The monoisotopic (exact) mass is 454 g/mol. The van der Waals surface area contributed by atoms with Crippen molar-refractivity contribution < 1.29 is 19.1 Å². The van der Waals surface area contributed by atoms with Gasteiger partial charge in [-0.2, -0.15) is 0 Å². The molecular formula is C26H22N4O4. The molecule has 0 saturated heterocycles. The van der Waals surface area contributed by atoms with Crippen LogP contribution >= 0.6 is 0 Å². The molecule has 2 N–H and O–H groups in total. The number of esters is 1. The van der Waals surface area contributed by atoms with E-state index in [0.717, 1.165) is 5.56 Å². The van der Waals surface area contributed by atoms with Crippen molar-refractivity contribution in [1.82, 2.24) is 9.97 Å². The molecule has 170 valence electrons. The second kappa shape index (κ2) is 9.91. The minimum Gasteiger partial charge on any atom is -0.449 e. The van der Waals surface area contributed by atoms with Crippen molar-refractivity contribution in [2.24, 2.45) is 0 Å². The van der Waals surface area contributed by atoms with Gasteiger partial charge in [0.05, 0.1) is 16.8 Å². The molecule has 4 aromatic rings. The highest BCUT2D eigenvalue weighted by atomic mass is 16.5. The predicted octanol–water partition coefficient (Wildman–Crippen LogP) is 4.44. The van der Waals surface area contributed by atoms with Gasteiger partial charge in [0, 0.05) is 41.6 Å². The van der Waals surface area contributed by atoms with Crippen LogP contribution in [0.2, 0.25) is 0 Å². The molecule has 8 heteroatoms. The van der Waals surface area contributed by atoms with Crippen molar-refractivity contribution in [2.75, 3.05) is 10.6 Å². The summed E-state index contributed by atoms with van der Waals surface area (Å²) in [6.07, 6.45) is 2.26. The quantitative estimate of drug-likeness (QED) is 0.417. The number of para-hydroxylation sites is 1. The number of nitrogens with one attached hydrogen (secondary N) is 2. The van der Waals surface area contributed by atoms with Gasteiger partial charge in [0.2, 0.25) is 5.91 Å². The number of hydrogen-bond donors (Lipinski definition) is 2. The molecule has 0 aliphatic carbocycles. The van der Waals surface area contributed by atoms with Crippen LogP contribution in [0.4, 0.5) is 11.4 Å². The van der Waals surface area contributed by atoms with Gasteiger partial charge in [-0.3, -0.25) is 14.6 Å². The number of rotatable bonds is 6. The number of pyridine rings is 2. The molecule has 0 bridgehead atoms. The number of fused-ring (bicyclic) bond motifs is 1. The first kappa shape index (κ1) is 22.6. The molecule has 2 heterocycles. The molecule has 4 rings (SSSR count). The summed E-state index contributed by atoms with van der Waals surface area (Å²) in [4.78, 5) is 45.5. The Morgan fingerprint density at radius 2 is 1.53 bits per heavy atom. The van der Waals surface area contributed by atoms with Crippen molar-refractivity contribution in [2.45, 2.75) is 20.0 Å². The molecule has 2 aromatic heterocycles. The number of hydrogen-bond acceptors (Lipinski definition) is 6. The van der Waals surface area contributed by atoms with E-state index in [2.05, 4.69) is 20.6 Å². The zero-order chi connectivity index (χ0) is 24.1. The van der Waals surface area contributed by atoms with Gasteiger partial charge in [0.25, 0.3) is 5.91 Å². The summed E-state index contributed by atoms with van der Waals surface area (Å²) < 4.78 is 5.50. The van der Waals surface area contributed by atoms with Crippen molar-refractivity contribution in [3.8, 4) is 11.3 Å². The van der Waals surface area contributed by atoms with Gasteiger partial charge in [0.1, 0.15) is 0 Å². The second-order valence-electron chi connectivity index (χ2n) is 7.60. The van der Waals surface area contributed by atoms with Crippen molar-refractivity contribution in [3.63, 3.8) is 0 Å². The van der Waals surface area contributed by atoms with Gasteiger partial charge in [-0.15, -0.1) is 0 Å². The topological polar surface area (TPSA) is 110 Å². The molecule has 8 nitrogen and oxygen atoms in total. The third-order valence-corrected chi connectivity index (χ3v) is 5.04. The fraction of sp³-hybridized carbons (Fsp3) is 0.115. The van der Waals surface area contributed by atoms with Crippen LogP contribution in [0.3, 0.4) is 0 Å². The van der Waals surface area contributed by atoms with E-state index < -0.39 is 18.0 Å². The van der Waals surface area contributed by atoms with Crippen LogP contribution in [0.15, 0.2) is 79.1 Å². The second-order valence-corrected chi connectivity index (χ2v) is 7.60. The lowest BCUT2D eigenvalue weighted by atomic mass is 10.0. The van der Waals surface area contributed by atoms with Gasteiger partial charge in [-0.05, 0) is 55.5 Å². The highest BCUT2D eigenvalue weighted by molar-refractivity contribution is 6.06. The van der Waals surface area contributed by atoms with E-state index in [1.165, 1.54) is 13.8 Å². The SMILES string of the molecule is CC(=O)Nc1ccc(NC(=O)C(C)OC(=O)c2cc(-c3ccncc3)nc3ccccc23)cc1. The lowest BCUT2D eigenvalue weighted by Gasteiger charge is -2.15. The minimum absolute atomic E-state index is 0.187. The van der Waals surface area contributed by atoms with E-state index in [-0.39, 0.29) is 5.91 Å². The maximum absolute atomic E-state index is 13.1.